The third-order valence-electron chi connectivity index (χ3n) is 3.45. The second-order valence-corrected chi connectivity index (χ2v) is 4.79. The molecule has 2 rings (SSSR count). The maximum Gasteiger partial charge on any atom is 0.304 e. The number of hydrogen-bond donors (Lipinski definition) is 2. The Labute approximate surface area is 89.9 Å². The molecule has 1 heterocycles. The standard InChI is InChI=1S/C11H19NO3/c13-9-2-1-5-12(7-9)10(6-11(14)15)8-3-4-8/h8-10,13H,1-7H2,(H,14,15). The number of likely N-dealkylation sites (tertiary alicyclic amines) is 1. The lowest BCUT2D eigenvalue weighted by Gasteiger charge is -2.36. The van der Waals surface area contributed by atoms with Crippen molar-refractivity contribution in [3.05, 3.63) is 0 Å². The Hall–Kier alpha value is -0.610. The van der Waals surface area contributed by atoms with Crippen LogP contribution < -0.4 is 0 Å². The Morgan fingerprint density at radius 3 is 2.67 bits per heavy atom. The van der Waals surface area contributed by atoms with Gasteiger partial charge in [0, 0.05) is 12.6 Å². The first kappa shape index (κ1) is 10.9. The van der Waals surface area contributed by atoms with Gasteiger partial charge in [0.1, 0.15) is 0 Å². The van der Waals surface area contributed by atoms with Crippen molar-refractivity contribution in [2.24, 2.45) is 5.92 Å². The number of aliphatic hydroxyl groups excluding tert-OH is 1. The summed E-state index contributed by atoms with van der Waals surface area (Å²) in [6.45, 7) is 1.61. The zero-order valence-corrected chi connectivity index (χ0v) is 8.93. The Balaban J connectivity index is 1.93. The molecule has 2 aliphatic rings. The predicted octanol–water partition coefficient (Wildman–Crippen LogP) is 0.696. The Bertz CT molecular complexity index is 240. The number of β-amino-alcohol motifs (C(OH)–C–C–N with tert-alkyl or cyclic N) is 1. The monoisotopic (exact) mass is 213 g/mol. The molecule has 1 saturated carbocycles. The molecule has 0 radical (unpaired) electrons. The fourth-order valence-corrected chi connectivity index (χ4v) is 2.54. The van der Waals surface area contributed by atoms with Crippen LogP contribution in [0.25, 0.3) is 0 Å². The third-order valence-corrected chi connectivity index (χ3v) is 3.45. The number of carbonyl (C=O) groups is 1. The molecular formula is C11H19NO3. The van der Waals surface area contributed by atoms with Gasteiger partial charge >= 0.3 is 5.97 Å². The normalized spacial score (nSPS) is 30.1. The van der Waals surface area contributed by atoms with Crippen LogP contribution in [0, 0.1) is 5.92 Å². The molecule has 1 aliphatic heterocycles. The van der Waals surface area contributed by atoms with E-state index >= 15 is 0 Å². The van der Waals surface area contributed by atoms with Gasteiger partial charge in [-0.1, -0.05) is 0 Å². The minimum Gasteiger partial charge on any atom is -0.481 e. The lowest BCUT2D eigenvalue weighted by atomic mass is 10.0. The summed E-state index contributed by atoms with van der Waals surface area (Å²) in [6, 6.07) is 0.164. The highest BCUT2D eigenvalue weighted by atomic mass is 16.4. The molecule has 0 aromatic carbocycles. The van der Waals surface area contributed by atoms with Crippen molar-refractivity contribution in [3.8, 4) is 0 Å². The van der Waals surface area contributed by atoms with E-state index in [0.29, 0.717) is 12.5 Å². The number of carboxylic acid groups (broad SMARTS) is 1. The summed E-state index contributed by atoms with van der Waals surface area (Å²) >= 11 is 0. The Morgan fingerprint density at radius 2 is 2.13 bits per heavy atom. The number of aliphatic carboxylic acids is 1. The van der Waals surface area contributed by atoms with E-state index in [1.807, 2.05) is 0 Å². The van der Waals surface area contributed by atoms with Crippen LogP contribution >= 0.6 is 0 Å². The highest BCUT2D eigenvalue weighted by Crippen LogP contribution is 2.37. The summed E-state index contributed by atoms with van der Waals surface area (Å²) in [5.74, 6) is -0.154. The second-order valence-electron chi connectivity index (χ2n) is 4.79. The van der Waals surface area contributed by atoms with E-state index in [-0.39, 0.29) is 18.6 Å². The van der Waals surface area contributed by atoms with Gasteiger partial charge < -0.3 is 10.2 Å². The van der Waals surface area contributed by atoms with Crippen LogP contribution in [0.15, 0.2) is 0 Å². The minimum absolute atomic E-state index is 0.164. The molecule has 15 heavy (non-hydrogen) atoms. The number of rotatable bonds is 4. The van der Waals surface area contributed by atoms with E-state index in [2.05, 4.69) is 4.90 Å². The molecule has 0 aromatic heterocycles. The summed E-state index contributed by atoms with van der Waals surface area (Å²) in [4.78, 5) is 13.0. The molecule has 4 nitrogen and oxygen atoms in total. The first-order valence-corrected chi connectivity index (χ1v) is 5.80. The molecule has 0 spiro atoms. The van der Waals surface area contributed by atoms with Gasteiger partial charge in [0.2, 0.25) is 0 Å². The molecule has 86 valence electrons. The molecule has 2 N–H and O–H groups in total. The van der Waals surface area contributed by atoms with Gasteiger partial charge in [0.05, 0.1) is 12.5 Å². The molecule has 0 amide bonds. The SMILES string of the molecule is O=C(O)CC(C1CC1)N1CCCC(O)C1. The topological polar surface area (TPSA) is 60.8 Å². The van der Waals surface area contributed by atoms with Gasteiger partial charge in [-0.2, -0.15) is 0 Å². The summed E-state index contributed by atoms with van der Waals surface area (Å²) in [7, 11) is 0. The van der Waals surface area contributed by atoms with E-state index in [1.165, 1.54) is 0 Å². The van der Waals surface area contributed by atoms with Crippen LogP contribution in [-0.2, 0) is 4.79 Å². The zero-order chi connectivity index (χ0) is 10.8. The Morgan fingerprint density at radius 1 is 1.40 bits per heavy atom. The largest absolute Gasteiger partial charge is 0.481 e. The fraction of sp³-hybridized carbons (Fsp3) is 0.909. The van der Waals surface area contributed by atoms with Crippen molar-refractivity contribution < 1.29 is 15.0 Å². The van der Waals surface area contributed by atoms with Gasteiger partial charge in [0.15, 0.2) is 0 Å². The summed E-state index contributed by atoms with van der Waals surface area (Å²) in [5.41, 5.74) is 0. The summed E-state index contributed by atoms with van der Waals surface area (Å²) < 4.78 is 0. The number of aliphatic hydroxyl groups is 1. The van der Waals surface area contributed by atoms with E-state index in [9.17, 15) is 9.90 Å². The maximum atomic E-state index is 10.8. The molecule has 4 heteroatoms. The number of piperidine rings is 1. The van der Waals surface area contributed by atoms with Crippen LogP contribution in [0.3, 0.4) is 0 Å². The molecule has 0 aromatic rings. The lowest BCUT2D eigenvalue weighted by molar-refractivity contribution is -0.139. The highest BCUT2D eigenvalue weighted by molar-refractivity contribution is 5.67. The van der Waals surface area contributed by atoms with E-state index in [0.717, 1.165) is 32.2 Å². The molecule has 1 saturated heterocycles. The average Bonchev–Trinajstić information content (AvgIpc) is 2.97. The smallest absolute Gasteiger partial charge is 0.304 e. The van der Waals surface area contributed by atoms with Crippen molar-refractivity contribution in [1.82, 2.24) is 4.90 Å². The van der Waals surface area contributed by atoms with E-state index in [1.54, 1.807) is 0 Å². The van der Waals surface area contributed by atoms with Crippen molar-refractivity contribution >= 4 is 5.97 Å². The molecule has 2 atom stereocenters. The van der Waals surface area contributed by atoms with Crippen LogP contribution in [0.1, 0.15) is 32.1 Å². The number of nitrogens with zero attached hydrogens (tertiary/aromatic N) is 1. The van der Waals surface area contributed by atoms with Crippen LogP contribution in [0.5, 0.6) is 0 Å². The first-order chi connectivity index (χ1) is 7.16. The van der Waals surface area contributed by atoms with Crippen LogP contribution in [0.2, 0.25) is 0 Å². The third kappa shape index (κ3) is 2.92. The van der Waals surface area contributed by atoms with Crippen LogP contribution in [-0.4, -0.2) is 46.3 Å². The van der Waals surface area contributed by atoms with Gasteiger partial charge in [-0.15, -0.1) is 0 Å². The number of carboxylic acids is 1. The summed E-state index contributed by atoms with van der Waals surface area (Å²) in [5, 5.41) is 18.4. The van der Waals surface area contributed by atoms with Gasteiger partial charge in [0.25, 0.3) is 0 Å². The van der Waals surface area contributed by atoms with Crippen molar-refractivity contribution in [3.63, 3.8) is 0 Å². The van der Waals surface area contributed by atoms with Crippen molar-refractivity contribution in [2.45, 2.75) is 44.2 Å². The van der Waals surface area contributed by atoms with Crippen LogP contribution in [0.4, 0.5) is 0 Å². The minimum atomic E-state index is -0.716. The highest BCUT2D eigenvalue weighted by Gasteiger charge is 2.37. The molecule has 2 fully saturated rings. The van der Waals surface area contributed by atoms with E-state index < -0.39 is 5.97 Å². The molecule has 1 aliphatic carbocycles. The second kappa shape index (κ2) is 4.49. The Kier molecular flexibility index (Phi) is 3.26. The van der Waals surface area contributed by atoms with Gasteiger partial charge in [-0.3, -0.25) is 9.69 Å². The average molecular weight is 213 g/mol. The first-order valence-electron chi connectivity index (χ1n) is 5.80. The fourth-order valence-electron chi connectivity index (χ4n) is 2.54. The quantitative estimate of drug-likeness (QED) is 0.721. The van der Waals surface area contributed by atoms with Gasteiger partial charge in [-0.25, -0.2) is 0 Å². The van der Waals surface area contributed by atoms with Gasteiger partial charge in [-0.05, 0) is 38.1 Å². The lowest BCUT2D eigenvalue weighted by Crippen LogP contribution is -2.46. The summed E-state index contributed by atoms with van der Waals surface area (Å²) in [6.07, 6.45) is 4.14. The zero-order valence-electron chi connectivity index (χ0n) is 8.93. The predicted molar refractivity (Wildman–Crippen MR) is 55.6 cm³/mol. The maximum absolute atomic E-state index is 10.8. The van der Waals surface area contributed by atoms with Crippen molar-refractivity contribution in [1.29, 1.82) is 0 Å². The van der Waals surface area contributed by atoms with Crippen molar-refractivity contribution in [2.75, 3.05) is 13.1 Å². The number of hydrogen-bond acceptors (Lipinski definition) is 3. The molecular weight excluding hydrogens is 194 g/mol. The molecule has 0 bridgehead atoms. The molecule has 2 unspecified atom stereocenters. The van der Waals surface area contributed by atoms with E-state index in [4.69, 9.17) is 5.11 Å².